The fraction of sp³-hybridized carbons (Fsp3) is 0.101. The van der Waals surface area contributed by atoms with Gasteiger partial charge in [-0.15, -0.1) is 0 Å². The van der Waals surface area contributed by atoms with Crippen LogP contribution in [0.3, 0.4) is 0 Å². The molecule has 0 bridgehead atoms. The maximum Gasteiger partial charge on any atom is 0.0541 e. The molecule has 1 aromatic heterocycles. The molecule has 13 rings (SSSR count). The van der Waals surface area contributed by atoms with Crippen LogP contribution < -0.4 is 9.80 Å². The Kier molecular flexibility index (Phi) is 10.8. The first-order valence-corrected chi connectivity index (χ1v) is 25.5. The van der Waals surface area contributed by atoms with E-state index in [0.717, 1.165) is 64.5 Å². The summed E-state index contributed by atoms with van der Waals surface area (Å²) >= 11 is 0. The lowest BCUT2D eigenvalue weighted by molar-refractivity contribution is 0.660. The van der Waals surface area contributed by atoms with E-state index in [1.54, 1.807) is 0 Å². The molecule has 0 amide bonds. The summed E-state index contributed by atoms with van der Waals surface area (Å²) in [6.07, 6.45) is 19.0. The van der Waals surface area contributed by atoms with Crippen molar-refractivity contribution < 1.29 is 0 Å². The van der Waals surface area contributed by atoms with E-state index in [2.05, 4.69) is 283 Å². The van der Waals surface area contributed by atoms with Crippen LogP contribution in [0.2, 0.25) is 0 Å². The van der Waals surface area contributed by atoms with E-state index in [1.165, 1.54) is 66.4 Å². The van der Waals surface area contributed by atoms with Crippen LogP contribution in [0.4, 0.5) is 28.4 Å². The number of para-hydroxylation sites is 2. The van der Waals surface area contributed by atoms with E-state index >= 15 is 0 Å². The Morgan fingerprint density at radius 3 is 1.92 bits per heavy atom. The van der Waals surface area contributed by atoms with Crippen LogP contribution in [0.15, 0.2) is 261 Å². The first-order valence-electron chi connectivity index (χ1n) is 25.5. The topological polar surface area (TPSA) is 11.4 Å². The maximum atomic E-state index is 2.49. The molecule has 3 aliphatic carbocycles. The number of hydrogen-bond acceptors (Lipinski definition) is 2. The smallest absolute Gasteiger partial charge is 0.0541 e. The van der Waals surface area contributed by atoms with Gasteiger partial charge >= 0.3 is 0 Å². The molecule has 0 N–H and O–H groups in total. The van der Waals surface area contributed by atoms with Crippen molar-refractivity contribution in [1.82, 2.24) is 4.57 Å². The second-order valence-corrected chi connectivity index (χ2v) is 20.0. The van der Waals surface area contributed by atoms with Crippen LogP contribution in [0.1, 0.15) is 55.7 Å². The molecule has 1 unspecified atom stereocenters. The van der Waals surface area contributed by atoms with Gasteiger partial charge in [0.2, 0.25) is 0 Å². The summed E-state index contributed by atoms with van der Waals surface area (Å²) in [7, 11) is 0. The summed E-state index contributed by atoms with van der Waals surface area (Å²) in [5.74, 6) is 0.368. The summed E-state index contributed by atoms with van der Waals surface area (Å²) in [6, 6.07) is 78.9. The molecular weight excluding hydrogens is 871 g/mol. The van der Waals surface area contributed by atoms with Crippen LogP contribution in [0, 0.1) is 0 Å². The summed E-state index contributed by atoms with van der Waals surface area (Å²) in [5, 5.41) is 2.44. The summed E-state index contributed by atoms with van der Waals surface area (Å²) < 4.78 is 2.42. The van der Waals surface area contributed by atoms with Crippen LogP contribution in [0.5, 0.6) is 0 Å². The van der Waals surface area contributed by atoms with Crippen molar-refractivity contribution in [3.05, 3.63) is 277 Å². The van der Waals surface area contributed by atoms with Gasteiger partial charge in [-0.25, -0.2) is 0 Å². The quantitative estimate of drug-likeness (QED) is 0.135. The molecule has 1 heterocycles. The molecule has 3 heteroatoms. The van der Waals surface area contributed by atoms with E-state index in [9.17, 15) is 0 Å². The zero-order chi connectivity index (χ0) is 48.2. The average molecular weight is 926 g/mol. The zero-order valence-electron chi connectivity index (χ0n) is 40.8. The Hall–Kier alpha value is -8.66. The Labute approximate surface area is 423 Å². The highest BCUT2D eigenvalue weighted by Crippen LogP contribution is 2.51. The predicted molar refractivity (Wildman–Crippen MR) is 305 cm³/mol. The van der Waals surface area contributed by atoms with Crippen LogP contribution in [-0.2, 0) is 5.41 Å². The fourth-order valence-electron chi connectivity index (χ4n) is 11.7. The number of allylic oxidation sites excluding steroid dienone is 7. The number of rotatable bonds is 10. The highest BCUT2D eigenvalue weighted by molar-refractivity contribution is 6.11. The first kappa shape index (κ1) is 43.4. The van der Waals surface area contributed by atoms with Gasteiger partial charge in [0, 0.05) is 61.8 Å². The second kappa shape index (κ2) is 17.9. The highest BCUT2D eigenvalue weighted by atomic mass is 15.2. The second-order valence-electron chi connectivity index (χ2n) is 20.0. The van der Waals surface area contributed by atoms with Crippen LogP contribution in [0.25, 0.3) is 60.9 Å². The van der Waals surface area contributed by atoms with Gasteiger partial charge in [0.25, 0.3) is 0 Å². The summed E-state index contributed by atoms with van der Waals surface area (Å²) in [4.78, 5) is 4.93. The van der Waals surface area contributed by atoms with Crippen molar-refractivity contribution in [2.75, 3.05) is 9.80 Å². The van der Waals surface area contributed by atoms with Crippen LogP contribution in [-0.4, -0.2) is 4.57 Å². The van der Waals surface area contributed by atoms with Crippen molar-refractivity contribution >= 4 is 50.2 Å². The third kappa shape index (κ3) is 7.52. The molecule has 72 heavy (non-hydrogen) atoms. The first-order chi connectivity index (χ1) is 35.5. The monoisotopic (exact) mass is 925 g/mol. The van der Waals surface area contributed by atoms with Crippen molar-refractivity contribution in [2.24, 2.45) is 0 Å². The van der Waals surface area contributed by atoms with Gasteiger partial charge < -0.3 is 14.4 Å². The van der Waals surface area contributed by atoms with Crippen LogP contribution >= 0.6 is 0 Å². The molecule has 0 saturated carbocycles. The minimum Gasteiger partial charge on any atom is -0.311 e. The molecule has 3 aliphatic rings. The molecule has 0 aliphatic heterocycles. The molecule has 10 aromatic rings. The third-order valence-electron chi connectivity index (χ3n) is 15.3. The lowest BCUT2D eigenvalue weighted by Gasteiger charge is -2.32. The maximum absolute atomic E-state index is 2.49. The summed E-state index contributed by atoms with van der Waals surface area (Å²) in [5.41, 5.74) is 21.6. The standard InChI is InChI=1S/C69H55N3/c1-69(2)64-29-17-15-27-59(64)60-42-40-58(47-65(60)69)70(53-23-11-5-12-24-53)57-41-44-67(71(54-25-13-6-14-26-54)55-36-31-50(32-37-55)48-19-7-3-8-20-48)62(46-57)52-35-43-68-63(45-52)61-28-16-18-30-66(61)72(68)56-38-33-51(34-39-56)49-21-9-4-10-22-49/h3-4,6-11,13-19,21-48H,5,12,20H2,1-2H3. The lowest BCUT2D eigenvalue weighted by atomic mass is 9.82. The molecule has 9 aromatic carbocycles. The summed E-state index contributed by atoms with van der Waals surface area (Å²) in [6.45, 7) is 4.75. The fourth-order valence-corrected chi connectivity index (χ4v) is 11.7. The molecule has 0 radical (unpaired) electrons. The van der Waals surface area contributed by atoms with E-state index in [0.29, 0.717) is 5.92 Å². The molecule has 346 valence electrons. The van der Waals surface area contributed by atoms with Gasteiger partial charge in [-0.1, -0.05) is 178 Å². The lowest BCUT2D eigenvalue weighted by Crippen LogP contribution is -2.19. The highest BCUT2D eigenvalue weighted by Gasteiger charge is 2.36. The Balaban J connectivity index is 1.01. The number of hydrogen-bond donors (Lipinski definition) is 0. The molecule has 0 spiro atoms. The SMILES string of the molecule is CC1(C)c2ccccc2-c2ccc(N(C3=CCCC=C3)c3ccc(N(c4ccccc4)c4ccc(C5C=CC=CC5)cc4)c(-c4ccc5c(c4)c4ccccc4n5-c4ccc(-c5ccccc5)cc4)c3)cc21. The number of fused-ring (bicyclic) bond motifs is 6. The predicted octanol–water partition coefficient (Wildman–Crippen LogP) is 18.9. The number of benzene rings is 9. The number of aromatic nitrogens is 1. The minimum atomic E-state index is -0.131. The minimum absolute atomic E-state index is 0.131. The Bertz CT molecular complexity index is 3790. The Morgan fingerprint density at radius 1 is 0.458 bits per heavy atom. The molecule has 0 saturated heterocycles. The number of nitrogens with zero attached hydrogens (tertiary/aromatic N) is 3. The van der Waals surface area contributed by atoms with Gasteiger partial charge in [-0.2, -0.15) is 0 Å². The van der Waals surface area contributed by atoms with Gasteiger partial charge in [0.15, 0.2) is 0 Å². The van der Waals surface area contributed by atoms with Crippen molar-refractivity contribution in [1.29, 1.82) is 0 Å². The van der Waals surface area contributed by atoms with Gasteiger partial charge in [-0.05, 0) is 155 Å². The van der Waals surface area contributed by atoms with Crippen molar-refractivity contribution in [2.45, 2.75) is 44.4 Å². The van der Waals surface area contributed by atoms with E-state index in [1.807, 2.05) is 0 Å². The van der Waals surface area contributed by atoms with E-state index in [4.69, 9.17) is 0 Å². The Morgan fingerprint density at radius 2 is 1.12 bits per heavy atom. The van der Waals surface area contributed by atoms with E-state index in [-0.39, 0.29) is 5.41 Å². The largest absolute Gasteiger partial charge is 0.311 e. The van der Waals surface area contributed by atoms with Gasteiger partial charge in [-0.3, -0.25) is 0 Å². The van der Waals surface area contributed by atoms with Gasteiger partial charge in [0.1, 0.15) is 0 Å². The molecular formula is C69H55N3. The molecule has 0 fully saturated rings. The van der Waals surface area contributed by atoms with E-state index < -0.39 is 0 Å². The molecule has 3 nitrogen and oxygen atoms in total. The number of anilines is 5. The van der Waals surface area contributed by atoms with Crippen molar-refractivity contribution in [3.63, 3.8) is 0 Å². The third-order valence-corrected chi connectivity index (χ3v) is 15.3. The average Bonchev–Trinajstić information content (AvgIpc) is 3.90. The normalized spacial score (nSPS) is 15.4. The zero-order valence-corrected chi connectivity index (χ0v) is 40.8. The van der Waals surface area contributed by atoms with Crippen molar-refractivity contribution in [3.8, 4) is 39.1 Å². The van der Waals surface area contributed by atoms with Gasteiger partial charge in [0.05, 0.1) is 16.7 Å². The molecule has 1 atom stereocenters.